The highest BCUT2D eigenvalue weighted by molar-refractivity contribution is 7.09. The van der Waals surface area contributed by atoms with Crippen LogP contribution in [0.15, 0.2) is 4.79 Å². The number of aryl methyl sites for hydroxylation is 1. The van der Waals surface area contributed by atoms with Crippen LogP contribution in [-0.4, -0.2) is 33.5 Å². The Morgan fingerprint density at radius 2 is 1.81 bits per heavy atom. The van der Waals surface area contributed by atoms with E-state index < -0.39 is 5.54 Å². The van der Waals surface area contributed by atoms with E-state index in [1.807, 2.05) is 13.8 Å². The number of amides is 3. The second kappa shape index (κ2) is 4.98. The molecule has 1 aromatic heterocycles. The highest BCUT2D eigenvalue weighted by Gasteiger charge is 2.52. The molecule has 1 spiro atoms. The smallest absolute Gasteiger partial charge is 0.323 e. The van der Waals surface area contributed by atoms with Crippen LogP contribution in [0.2, 0.25) is 0 Å². The van der Waals surface area contributed by atoms with Crippen LogP contribution in [0.1, 0.15) is 36.3 Å². The number of imide groups is 1. The summed E-state index contributed by atoms with van der Waals surface area (Å²) in [6.07, 6.45) is 3.40. The maximum Gasteiger partial charge on any atom is 0.325 e. The molecule has 0 unspecified atom stereocenters. The van der Waals surface area contributed by atoms with Crippen LogP contribution in [0.3, 0.4) is 0 Å². The number of hydrogen-bond acceptors (Lipinski definition) is 4. The van der Waals surface area contributed by atoms with Gasteiger partial charge in [0.1, 0.15) is 5.54 Å². The third kappa shape index (κ3) is 2.19. The van der Waals surface area contributed by atoms with E-state index in [-0.39, 0.29) is 23.4 Å². The van der Waals surface area contributed by atoms with E-state index in [9.17, 15) is 14.4 Å². The first-order valence-corrected chi connectivity index (χ1v) is 8.07. The molecule has 1 saturated carbocycles. The predicted octanol–water partition coefficient (Wildman–Crippen LogP) is 1.39. The van der Waals surface area contributed by atoms with Crippen LogP contribution >= 0.6 is 11.3 Å². The van der Waals surface area contributed by atoms with Crippen molar-refractivity contribution in [1.29, 1.82) is 0 Å². The first kappa shape index (κ1) is 14.3. The summed E-state index contributed by atoms with van der Waals surface area (Å²) in [4.78, 5) is 38.6. The van der Waals surface area contributed by atoms with Gasteiger partial charge in [0.25, 0.3) is 5.91 Å². The third-order valence-corrected chi connectivity index (χ3v) is 5.62. The minimum absolute atomic E-state index is 0.0346. The van der Waals surface area contributed by atoms with Gasteiger partial charge in [0.2, 0.25) is 0 Å². The van der Waals surface area contributed by atoms with Gasteiger partial charge in [0.15, 0.2) is 0 Å². The Bertz CT molecular complexity index is 655. The van der Waals surface area contributed by atoms with Crippen molar-refractivity contribution in [3.05, 3.63) is 20.2 Å². The van der Waals surface area contributed by atoms with E-state index in [0.717, 1.165) is 36.3 Å². The molecule has 0 bridgehead atoms. The summed E-state index contributed by atoms with van der Waals surface area (Å²) in [6.45, 7) is 4.41. The molecule has 0 atom stereocenters. The van der Waals surface area contributed by atoms with Gasteiger partial charge in [-0.05, 0) is 26.7 Å². The van der Waals surface area contributed by atoms with Crippen LogP contribution in [0.25, 0.3) is 0 Å². The van der Waals surface area contributed by atoms with Crippen LogP contribution in [0.4, 0.5) is 4.79 Å². The lowest BCUT2D eigenvalue weighted by Gasteiger charge is -2.20. The van der Waals surface area contributed by atoms with Crippen molar-refractivity contribution in [3.8, 4) is 0 Å². The first-order chi connectivity index (χ1) is 9.94. The topological polar surface area (TPSA) is 71.4 Å². The Morgan fingerprint density at radius 1 is 1.14 bits per heavy atom. The van der Waals surface area contributed by atoms with Gasteiger partial charge in [0.05, 0.1) is 0 Å². The molecule has 2 heterocycles. The van der Waals surface area contributed by atoms with Crippen LogP contribution < -0.4 is 10.2 Å². The predicted molar refractivity (Wildman–Crippen MR) is 79.5 cm³/mol. The zero-order chi connectivity index (χ0) is 15.2. The van der Waals surface area contributed by atoms with Crippen LogP contribution in [0, 0.1) is 13.8 Å². The lowest BCUT2D eigenvalue weighted by Crippen LogP contribution is -2.44. The number of thiazole rings is 1. The molecule has 0 aromatic carbocycles. The number of nitrogens with zero attached hydrogens (tertiary/aromatic N) is 2. The van der Waals surface area contributed by atoms with Crippen LogP contribution in [0.5, 0.6) is 0 Å². The minimum atomic E-state index is -0.665. The lowest BCUT2D eigenvalue weighted by molar-refractivity contribution is -0.131. The largest absolute Gasteiger partial charge is 0.325 e. The fraction of sp³-hybridized carbons (Fsp3) is 0.643. The average Bonchev–Trinajstić information content (AvgIpc) is 3.05. The monoisotopic (exact) mass is 309 g/mol. The van der Waals surface area contributed by atoms with Crippen molar-refractivity contribution in [1.82, 2.24) is 14.8 Å². The lowest BCUT2D eigenvalue weighted by atomic mass is 9.98. The quantitative estimate of drug-likeness (QED) is 0.858. The molecule has 1 aromatic rings. The molecular formula is C14H19N3O3S. The zero-order valence-corrected chi connectivity index (χ0v) is 13.1. The molecule has 7 heteroatoms. The van der Waals surface area contributed by atoms with Crippen molar-refractivity contribution in [2.45, 2.75) is 51.6 Å². The normalized spacial score (nSPS) is 20.6. The number of carbonyl (C=O) groups excluding carboxylic acids is 2. The molecule has 6 nitrogen and oxygen atoms in total. The molecule has 3 rings (SSSR count). The summed E-state index contributed by atoms with van der Waals surface area (Å²) < 4.78 is 1.64. The molecular weight excluding hydrogens is 290 g/mol. The molecule has 1 N–H and O–H groups in total. The van der Waals surface area contributed by atoms with Crippen molar-refractivity contribution >= 4 is 23.3 Å². The fourth-order valence-electron chi connectivity index (χ4n) is 3.24. The number of carbonyl (C=O) groups is 2. The molecule has 1 aliphatic heterocycles. The van der Waals surface area contributed by atoms with Gasteiger partial charge in [-0.1, -0.05) is 24.2 Å². The number of rotatable bonds is 3. The maximum atomic E-state index is 12.5. The van der Waals surface area contributed by atoms with Crippen LogP contribution in [-0.2, 0) is 11.3 Å². The van der Waals surface area contributed by atoms with Crippen molar-refractivity contribution < 1.29 is 9.59 Å². The maximum absolute atomic E-state index is 12.5. The second-order valence-corrected chi connectivity index (χ2v) is 7.00. The van der Waals surface area contributed by atoms with Crippen molar-refractivity contribution in [2.24, 2.45) is 0 Å². The van der Waals surface area contributed by atoms with Crippen molar-refractivity contribution in [3.63, 3.8) is 0 Å². The average molecular weight is 309 g/mol. The molecule has 2 aliphatic rings. The summed E-state index contributed by atoms with van der Waals surface area (Å²) in [5.74, 6) is -0.123. The molecule has 1 saturated heterocycles. The third-order valence-electron chi connectivity index (χ3n) is 4.63. The highest BCUT2D eigenvalue weighted by Crippen LogP contribution is 2.34. The van der Waals surface area contributed by atoms with Gasteiger partial charge in [0, 0.05) is 23.7 Å². The standard InChI is InChI=1S/C14H19N3O3S/c1-9-10(2)21-13(20)16(9)7-8-17-11(18)14(15-12(17)19)5-3-4-6-14/h3-8H2,1-2H3,(H,15,19). The summed E-state index contributed by atoms with van der Waals surface area (Å²) in [5.41, 5.74) is 0.245. The zero-order valence-electron chi connectivity index (χ0n) is 12.3. The Labute approximate surface area is 126 Å². The summed E-state index contributed by atoms with van der Waals surface area (Å²) in [5, 5.41) is 2.85. The van der Waals surface area contributed by atoms with E-state index in [2.05, 4.69) is 5.32 Å². The van der Waals surface area contributed by atoms with E-state index in [1.165, 1.54) is 16.2 Å². The number of urea groups is 1. The van der Waals surface area contributed by atoms with Crippen molar-refractivity contribution in [2.75, 3.05) is 6.54 Å². The molecule has 2 fully saturated rings. The van der Waals surface area contributed by atoms with E-state index >= 15 is 0 Å². The molecule has 1 aliphatic carbocycles. The highest BCUT2D eigenvalue weighted by atomic mass is 32.1. The van der Waals surface area contributed by atoms with Gasteiger partial charge in [-0.3, -0.25) is 14.5 Å². The van der Waals surface area contributed by atoms with Gasteiger partial charge in [-0.15, -0.1) is 0 Å². The first-order valence-electron chi connectivity index (χ1n) is 7.25. The number of aromatic nitrogens is 1. The fourth-order valence-corrected chi connectivity index (χ4v) is 4.10. The van der Waals surface area contributed by atoms with E-state index in [0.29, 0.717) is 6.54 Å². The Hall–Kier alpha value is -1.63. The van der Waals surface area contributed by atoms with Gasteiger partial charge in [-0.25, -0.2) is 4.79 Å². The summed E-state index contributed by atoms with van der Waals surface area (Å²) in [6, 6.07) is -0.320. The molecule has 3 amide bonds. The van der Waals surface area contributed by atoms with Gasteiger partial charge in [-0.2, -0.15) is 0 Å². The minimum Gasteiger partial charge on any atom is -0.323 e. The van der Waals surface area contributed by atoms with Gasteiger partial charge >= 0.3 is 10.9 Å². The summed E-state index contributed by atoms with van der Waals surface area (Å²) >= 11 is 1.20. The Balaban J connectivity index is 1.75. The number of nitrogens with one attached hydrogen (secondary N) is 1. The Kier molecular flexibility index (Phi) is 3.39. The molecule has 114 valence electrons. The SMILES string of the molecule is Cc1sc(=O)n(CCN2C(=O)NC3(CCCC3)C2=O)c1C. The van der Waals surface area contributed by atoms with Gasteiger partial charge < -0.3 is 9.88 Å². The second-order valence-electron chi connectivity index (χ2n) is 5.84. The number of hydrogen-bond donors (Lipinski definition) is 1. The van der Waals surface area contributed by atoms with E-state index in [1.54, 1.807) is 4.57 Å². The Morgan fingerprint density at radius 3 is 2.38 bits per heavy atom. The summed E-state index contributed by atoms with van der Waals surface area (Å²) in [7, 11) is 0. The van der Waals surface area contributed by atoms with E-state index in [4.69, 9.17) is 0 Å². The molecule has 0 radical (unpaired) electrons. The molecule has 21 heavy (non-hydrogen) atoms.